The van der Waals surface area contributed by atoms with E-state index in [-0.39, 0.29) is 12.5 Å². The normalized spacial score (nSPS) is 14.7. The van der Waals surface area contributed by atoms with Crippen molar-refractivity contribution in [3.05, 3.63) is 44.6 Å². The van der Waals surface area contributed by atoms with Gasteiger partial charge in [0.25, 0.3) is 5.91 Å². The van der Waals surface area contributed by atoms with Gasteiger partial charge < -0.3 is 9.64 Å². The Morgan fingerprint density at radius 1 is 1.33 bits per heavy atom. The number of carbonyl (C=O) groups is 1. The quantitative estimate of drug-likeness (QED) is 0.745. The maximum absolute atomic E-state index is 12.6. The van der Waals surface area contributed by atoms with E-state index < -0.39 is 0 Å². The van der Waals surface area contributed by atoms with E-state index in [0.717, 1.165) is 5.56 Å². The maximum atomic E-state index is 12.6. The van der Waals surface area contributed by atoms with Crippen LogP contribution in [0.4, 0.5) is 5.69 Å². The average Bonchev–Trinajstić information content (AvgIpc) is 3.06. The lowest BCUT2D eigenvalue weighted by atomic mass is 10.2. The van der Waals surface area contributed by atoms with E-state index >= 15 is 0 Å². The molecule has 2 aromatic rings. The number of amides is 1. The molecule has 0 saturated carbocycles. The fourth-order valence-corrected chi connectivity index (χ4v) is 4.04. The predicted octanol–water partition coefficient (Wildman–Crippen LogP) is 4.16. The Morgan fingerprint density at radius 3 is 2.71 bits per heavy atom. The van der Waals surface area contributed by atoms with Crippen molar-refractivity contribution in [3.63, 3.8) is 0 Å². The van der Waals surface area contributed by atoms with E-state index in [4.69, 9.17) is 28.6 Å². The molecule has 3 rings (SSSR count). The summed E-state index contributed by atoms with van der Waals surface area (Å²) in [4.78, 5) is 17.3. The zero-order valence-corrected chi connectivity index (χ0v) is 16.0. The van der Waals surface area contributed by atoms with Gasteiger partial charge in [-0.25, -0.2) is 0 Å². The number of carbonyl (C=O) groups excluding carboxylic acids is 1. The number of ether oxygens (including phenoxy) is 1. The van der Waals surface area contributed by atoms with Crippen LogP contribution in [0, 0.1) is 13.8 Å². The Kier molecular flexibility index (Phi) is 4.80. The molecule has 1 aliphatic rings. The van der Waals surface area contributed by atoms with Crippen molar-refractivity contribution in [3.8, 4) is 5.75 Å². The topological polar surface area (TPSA) is 32.8 Å². The summed E-state index contributed by atoms with van der Waals surface area (Å²) >= 11 is 13.4. The second-order valence-corrected chi connectivity index (χ2v) is 7.44. The molecule has 1 aromatic heterocycles. The molecule has 0 aliphatic carbocycles. The molecular formula is C17H17ClN2O2S2. The minimum atomic E-state index is -0.0609. The Hall–Kier alpha value is -1.63. The first-order chi connectivity index (χ1) is 11.4. The molecule has 0 unspecified atom stereocenters. The molecule has 1 aromatic carbocycles. The van der Waals surface area contributed by atoms with Crippen molar-refractivity contribution in [1.29, 1.82) is 0 Å². The summed E-state index contributed by atoms with van der Waals surface area (Å²) in [5.41, 5.74) is 2.73. The lowest BCUT2D eigenvalue weighted by Crippen LogP contribution is -2.32. The molecule has 1 fully saturated rings. The van der Waals surface area contributed by atoms with Crippen molar-refractivity contribution in [2.45, 2.75) is 20.4 Å². The summed E-state index contributed by atoms with van der Waals surface area (Å²) in [6.45, 7) is 4.86. The fourth-order valence-electron chi connectivity index (χ4n) is 2.64. The Balaban J connectivity index is 1.92. The van der Waals surface area contributed by atoms with E-state index in [9.17, 15) is 4.79 Å². The Labute approximate surface area is 155 Å². The molecule has 4 nitrogen and oxygen atoms in total. The van der Waals surface area contributed by atoms with Gasteiger partial charge in [0, 0.05) is 16.0 Å². The van der Waals surface area contributed by atoms with Crippen LogP contribution in [0.5, 0.6) is 5.75 Å². The standard InChI is InChI=1S/C17H17ClN2O2S2/c1-10-4-5-24-15(10)8-19-9-16(21)20(17(19)23)13-6-11(2)12(18)7-14(13)22-3/h4-7H,8-9H2,1-3H3. The van der Waals surface area contributed by atoms with Crippen LogP contribution in [-0.4, -0.2) is 29.6 Å². The van der Waals surface area contributed by atoms with Crippen LogP contribution in [-0.2, 0) is 11.3 Å². The maximum Gasteiger partial charge on any atom is 0.253 e. The van der Waals surface area contributed by atoms with Gasteiger partial charge in [-0.2, -0.15) is 0 Å². The van der Waals surface area contributed by atoms with Gasteiger partial charge in [0.05, 0.1) is 19.3 Å². The molecule has 0 bridgehead atoms. The molecule has 126 valence electrons. The van der Waals surface area contributed by atoms with Gasteiger partial charge >= 0.3 is 0 Å². The molecule has 0 radical (unpaired) electrons. The van der Waals surface area contributed by atoms with Gasteiger partial charge in [-0.3, -0.25) is 9.69 Å². The van der Waals surface area contributed by atoms with Crippen LogP contribution in [0.3, 0.4) is 0 Å². The van der Waals surface area contributed by atoms with Crippen molar-refractivity contribution in [2.24, 2.45) is 0 Å². The third-order valence-electron chi connectivity index (χ3n) is 4.04. The molecule has 1 amide bonds. The summed E-state index contributed by atoms with van der Waals surface area (Å²) in [5.74, 6) is 0.477. The number of halogens is 1. The van der Waals surface area contributed by atoms with Crippen LogP contribution in [0.2, 0.25) is 5.02 Å². The third kappa shape index (κ3) is 3.01. The van der Waals surface area contributed by atoms with Crippen LogP contribution in [0.15, 0.2) is 23.6 Å². The molecule has 0 spiro atoms. The van der Waals surface area contributed by atoms with E-state index in [2.05, 4.69) is 18.4 Å². The first-order valence-corrected chi connectivity index (χ1v) is 9.08. The number of anilines is 1. The Bertz CT molecular complexity index is 819. The monoisotopic (exact) mass is 380 g/mol. The van der Waals surface area contributed by atoms with Crippen molar-refractivity contribution in [1.82, 2.24) is 4.90 Å². The molecule has 2 heterocycles. The number of nitrogens with zero attached hydrogens (tertiary/aromatic N) is 2. The first-order valence-electron chi connectivity index (χ1n) is 7.41. The highest BCUT2D eigenvalue weighted by Gasteiger charge is 2.36. The number of thiophene rings is 1. The molecule has 1 aliphatic heterocycles. The second kappa shape index (κ2) is 6.70. The van der Waals surface area contributed by atoms with Crippen molar-refractivity contribution >= 4 is 51.9 Å². The van der Waals surface area contributed by atoms with E-state index in [1.54, 1.807) is 29.4 Å². The number of aryl methyl sites for hydroxylation is 2. The highest BCUT2D eigenvalue weighted by Crippen LogP contribution is 2.36. The first kappa shape index (κ1) is 17.2. The number of thiocarbonyl (C=S) groups is 1. The highest BCUT2D eigenvalue weighted by atomic mass is 35.5. The van der Waals surface area contributed by atoms with Crippen LogP contribution >= 0.6 is 35.2 Å². The zero-order valence-electron chi connectivity index (χ0n) is 13.6. The molecule has 0 N–H and O–H groups in total. The molecule has 24 heavy (non-hydrogen) atoms. The average molecular weight is 381 g/mol. The highest BCUT2D eigenvalue weighted by molar-refractivity contribution is 7.80. The lowest BCUT2D eigenvalue weighted by molar-refractivity contribution is -0.116. The van der Waals surface area contributed by atoms with E-state index in [0.29, 0.717) is 28.1 Å². The SMILES string of the molecule is COc1cc(Cl)c(C)cc1N1C(=O)CN(Cc2sccc2C)C1=S. The fraction of sp³-hybridized carbons (Fsp3) is 0.294. The Morgan fingerprint density at radius 2 is 2.08 bits per heavy atom. The number of rotatable bonds is 4. The van der Waals surface area contributed by atoms with Crippen molar-refractivity contribution < 1.29 is 9.53 Å². The summed E-state index contributed by atoms with van der Waals surface area (Å²) < 4.78 is 5.40. The molecule has 0 atom stereocenters. The van der Waals surface area contributed by atoms with Gasteiger partial charge in [0.1, 0.15) is 12.3 Å². The minimum absolute atomic E-state index is 0.0609. The van der Waals surface area contributed by atoms with Crippen LogP contribution in [0.25, 0.3) is 0 Å². The lowest BCUT2D eigenvalue weighted by Gasteiger charge is -2.22. The summed E-state index contributed by atoms with van der Waals surface area (Å²) in [5, 5.41) is 3.14. The van der Waals surface area contributed by atoms with Crippen molar-refractivity contribution in [2.75, 3.05) is 18.6 Å². The minimum Gasteiger partial charge on any atom is -0.495 e. The third-order valence-corrected chi connectivity index (χ3v) is 5.90. The number of hydrogen-bond acceptors (Lipinski definition) is 4. The van der Waals surface area contributed by atoms with E-state index in [1.165, 1.54) is 10.4 Å². The molecule has 1 saturated heterocycles. The van der Waals surface area contributed by atoms with Gasteiger partial charge in [-0.1, -0.05) is 11.6 Å². The van der Waals surface area contributed by atoms with Gasteiger partial charge in [0.2, 0.25) is 0 Å². The molecular weight excluding hydrogens is 364 g/mol. The number of methoxy groups -OCH3 is 1. The predicted molar refractivity (Wildman–Crippen MR) is 102 cm³/mol. The molecule has 7 heteroatoms. The zero-order chi connectivity index (χ0) is 17.4. The summed E-state index contributed by atoms with van der Waals surface area (Å²) in [6.07, 6.45) is 0. The van der Waals surface area contributed by atoms with Crippen LogP contribution in [0.1, 0.15) is 16.0 Å². The smallest absolute Gasteiger partial charge is 0.253 e. The van der Waals surface area contributed by atoms with Gasteiger partial charge in [0.15, 0.2) is 5.11 Å². The second-order valence-electron chi connectivity index (χ2n) is 5.67. The number of benzene rings is 1. The largest absolute Gasteiger partial charge is 0.495 e. The van der Waals surface area contributed by atoms with Gasteiger partial charge in [-0.15, -0.1) is 11.3 Å². The van der Waals surface area contributed by atoms with E-state index in [1.807, 2.05) is 17.9 Å². The summed E-state index contributed by atoms with van der Waals surface area (Å²) in [6, 6.07) is 5.63. The van der Waals surface area contributed by atoms with Gasteiger partial charge in [-0.05, 0) is 54.7 Å². The number of hydrogen-bond donors (Lipinski definition) is 0. The van der Waals surface area contributed by atoms with Crippen LogP contribution < -0.4 is 9.64 Å². The summed E-state index contributed by atoms with van der Waals surface area (Å²) in [7, 11) is 1.56.